The zero-order valence-electron chi connectivity index (χ0n) is 16.4. The molecule has 4 heterocycles. The molecule has 1 amide bonds. The Hall–Kier alpha value is -2.13. The molecule has 156 valence electrons. The highest BCUT2D eigenvalue weighted by molar-refractivity contribution is 7.90. The average Bonchev–Trinajstić information content (AvgIpc) is 3.22. The smallest absolute Gasteiger partial charge is 0.283 e. The Morgan fingerprint density at radius 1 is 1.24 bits per heavy atom. The summed E-state index contributed by atoms with van der Waals surface area (Å²) in [5.74, 6) is 0.134. The van der Waals surface area contributed by atoms with Gasteiger partial charge in [-0.25, -0.2) is 9.71 Å². The summed E-state index contributed by atoms with van der Waals surface area (Å²) in [6.07, 6.45) is 5.57. The van der Waals surface area contributed by atoms with Crippen molar-refractivity contribution in [3.63, 3.8) is 0 Å². The first-order valence-electron chi connectivity index (χ1n) is 9.70. The maximum atomic E-state index is 12.9. The number of pyridine rings is 1. The minimum absolute atomic E-state index is 0.175. The number of carbonyl (C=O) groups is 1. The number of nitrogens with zero attached hydrogens (tertiary/aromatic N) is 4. The largest absolute Gasteiger partial charge is 0.350 e. The van der Waals surface area contributed by atoms with Crippen LogP contribution in [0.1, 0.15) is 49.9 Å². The summed E-state index contributed by atoms with van der Waals surface area (Å²) in [5.41, 5.74) is -0.0393. The summed E-state index contributed by atoms with van der Waals surface area (Å²) in [6.45, 7) is 5.61. The monoisotopic (exact) mass is 437 g/mol. The van der Waals surface area contributed by atoms with Gasteiger partial charge in [0.25, 0.3) is 15.9 Å². The number of nitrogens with one attached hydrogen (secondary N) is 1. The highest BCUT2D eigenvalue weighted by Gasteiger charge is 2.40. The molecule has 8 nitrogen and oxygen atoms in total. The second-order valence-corrected chi connectivity index (χ2v) is 10.4. The Kier molecular flexibility index (Phi) is 5.06. The van der Waals surface area contributed by atoms with Crippen molar-refractivity contribution in [1.29, 1.82) is 0 Å². The normalized spacial score (nSPS) is 23.6. The number of hydrogen-bond acceptors (Lipinski definition) is 6. The fourth-order valence-corrected chi connectivity index (χ4v) is 5.36. The summed E-state index contributed by atoms with van der Waals surface area (Å²) in [5, 5.41) is 4.20. The van der Waals surface area contributed by atoms with Crippen LogP contribution < -0.4 is 9.62 Å². The number of hydrogen-bond donors (Lipinski definition) is 1. The highest BCUT2D eigenvalue weighted by Crippen LogP contribution is 2.39. The van der Waals surface area contributed by atoms with Gasteiger partial charge in [-0.15, -0.1) is 0 Å². The molecule has 0 saturated carbocycles. The molecular formula is C19H24ClN5O3S. The van der Waals surface area contributed by atoms with E-state index in [1.165, 1.54) is 18.2 Å². The lowest BCUT2D eigenvalue weighted by atomic mass is 9.93. The third kappa shape index (κ3) is 3.98. The first-order chi connectivity index (χ1) is 13.7. The van der Waals surface area contributed by atoms with E-state index in [0.29, 0.717) is 18.3 Å². The van der Waals surface area contributed by atoms with Crippen LogP contribution >= 0.6 is 11.6 Å². The van der Waals surface area contributed by atoms with Gasteiger partial charge in [-0.05, 0) is 57.2 Å². The number of sulfonamides is 1. The summed E-state index contributed by atoms with van der Waals surface area (Å²) < 4.78 is 29.1. The van der Waals surface area contributed by atoms with E-state index < -0.39 is 15.9 Å². The van der Waals surface area contributed by atoms with Crippen LogP contribution in [0.5, 0.6) is 0 Å². The molecule has 1 atom stereocenters. The molecule has 1 saturated heterocycles. The third-order valence-corrected chi connectivity index (χ3v) is 7.10. The molecule has 4 bridgehead atoms. The van der Waals surface area contributed by atoms with Crippen molar-refractivity contribution in [2.24, 2.45) is 5.92 Å². The lowest BCUT2D eigenvalue weighted by Gasteiger charge is -2.33. The van der Waals surface area contributed by atoms with Crippen molar-refractivity contribution in [1.82, 2.24) is 19.5 Å². The van der Waals surface area contributed by atoms with Crippen LogP contribution in [0.15, 0.2) is 29.4 Å². The van der Waals surface area contributed by atoms with E-state index in [4.69, 9.17) is 11.6 Å². The summed E-state index contributed by atoms with van der Waals surface area (Å²) in [4.78, 5) is 19.4. The molecule has 0 spiro atoms. The van der Waals surface area contributed by atoms with Gasteiger partial charge in [-0.1, -0.05) is 18.0 Å². The molecule has 0 aromatic carbocycles. The van der Waals surface area contributed by atoms with Gasteiger partial charge in [0, 0.05) is 24.8 Å². The molecule has 1 unspecified atom stereocenters. The summed E-state index contributed by atoms with van der Waals surface area (Å²) in [7, 11) is -4.09. The Labute approximate surface area is 175 Å². The van der Waals surface area contributed by atoms with Gasteiger partial charge in [0.15, 0.2) is 5.03 Å². The molecule has 2 aromatic rings. The number of amides is 1. The predicted octanol–water partition coefficient (Wildman–Crippen LogP) is 2.84. The molecule has 2 aromatic heterocycles. The van der Waals surface area contributed by atoms with E-state index in [-0.39, 0.29) is 21.3 Å². The SMILES string of the molecule is CC1(C)CC2CCCCn3ccc(n3)S(=O)(=O)NC(=O)c3ccc(Cl)nc3N1C2. The first-order valence-corrected chi connectivity index (χ1v) is 11.6. The Morgan fingerprint density at radius 2 is 2.03 bits per heavy atom. The summed E-state index contributed by atoms with van der Waals surface area (Å²) >= 11 is 6.13. The molecule has 2 aliphatic heterocycles. The van der Waals surface area contributed by atoms with Gasteiger partial charge in [-0.3, -0.25) is 9.48 Å². The van der Waals surface area contributed by atoms with Crippen LogP contribution in [0, 0.1) is 5.92 Å². The average molecular weight is 438 g/mol. The predicted molar refractivity (Wildman–Crippen MR) is 110 cm³/mol. The first kappa shape index (κ1) is 20.2. The van der Waals surface area contributed by atoms with E-state index in [1.807, 2.05) is 0 Å². The number of aryl methyl sites for hydroxylation is 1. The van der Waals surface area contributed by atoms with Crippen LogP contribution in [-0.2, 0) is 16.6 Å². The van der Waals surface area contributed by atoms with Crippen molar-refractivity contribution in [2.75, 3.05) is 11.4 Å². The number of anilines is 1. The van der Waals surface area contributed by atoms with Crippen LogP contribution in [-0.4, -0.2) is 41.2 Å². The number of aromatic nitrogens is 3. The van der Waals surface area contributed by atoms with Crippen LogP contribution in [0.25, 0.3) is 0 Å². The van der Waals surface area contributed by atoms with Gasteiger partial charge in [0.2, 0.25) is 0 Å². The maximum absolute atomic E-state index is 12.9. The van der Waals surface area contributed by atoms with Crippen molar-refractivity contribution in [2.45, 2.75) is 56.6 Å². The van der Waals surface area contributed by atoms with Crippen molar-refractivity contribution in [3.8, 4) is 0 Å². The quantitative estimate of drug-likeness (QED) is 0.636. The maximum Gasteiger partial charge on any atom is 0.283 e. The standard InChI is InChI=1S/C19H24ClN5O3S/c1-19(2)11-13-5-3-4-9-24-10-8-16(22-24)29(27,28)23-18(26)14-6-7-15(20)21-17(14)25(19)12-13/h6-8,10,13H,3-5,9,11-12H2,1-2H3,(H,23,26). The molecule has 0 radical (unpaired) electrons. The molecule has 2 aliphatic rings. The van der Waals surface area contributed by atoms with Gasteiger partial charge >= 0.3 is 0 Å². The van der Waals surface area contributed by atoms with Crippen LogP contribution in [0.3, 0.4) is 0 Å². The van der Waals surface area contributed by atoms with Crippen molar-refractivity contribution < 1.29 is 13.2 Å². The second kappa shape index (κ2) is 7.28. The zero-order chi connectivity index (χ0) is 20.8. The summed E-state index contributed by atoms with van der Waals surface area (Å²) in [6, 6.07) is 4.42. The fourth-order valence-electron chi connectivity index (χ4n) is 4.31. The van der Waals surface area contributed by atoms with Crippen molar-refractivity contribution in [3.05, 3.63) is 35.1 Å². The number of halogens is 1. The molecule has 4 rings (SSSR count). The fraction of sp³-hybridized carbons (Fsp3) is 0.526. The van der Waals surface area contributed by atoms with Gasteiger partial charge < -0.3 is 4.90 Å². The highest BCUT2D eigenvalue weighted by atomic mass is 35.5. The topological polar surface area (TPSA) is 97.2 Å². The van der Waals surface area contributed by atoms with Crippen LogP contribution in [0.4, 0.5) is 5.82 Å². The van der Waals surface area contributed by atoms with Crippen LogP contribution in [0.2, 0.25) is 5.15 Å². The Morgan fingerprint density at radius 3 is 2.83 bits per heavy atom. The lowest BCUT2D eigenvalue weighted by Crippen LogP contribution is -2.41. The molecule has 10 heteroatoms. The van der Waals surface area contributed by atoms with E-state index in [1.54, 1.807) is 10.9 Å². The lowest BCUT2D eigenvalue weighted by molar-refractivity contribution is 0.0981. The Balaban J connectivity index is 1.79. The molecule has 29 heavy (non-hydrogen) atoms. The van der Waals surface area contributed by atoms with E-state index in [9.17, 15) is 13.2 Å². The molecule has 0 aliphatic carbocycles. The van der Waals surface area contributed by atoms with E-state index in [2.05, 4.69) is 33.6 Å². The van der Waals surface area contributed by atoms with E-state index in [0.717, 1.165) is 32.2 Å². The van der Waals surface area contributed by atoms with Gasteiger partial charge in [0.05, 0.1) is 5.56 Å². The molecule has 1 N–H and O–H groups in total. The zero-order valence-corrected chi connectivity index (χ0v) is 18.0. The number of rotatable bonds is 0. The minimum atomic E-state index is -4.09. The van der Waals surface area contributed by atoms with Gasteiger partial charge in [-0.2, -0.15) is 13.5 Å². The number of carbonyl (C=O) groups excluding carboxylic acids is 1. The number of fused-ring (bicyclic) bond motifs is 6. The van der Waals surface area contributed by atoms with Gasteiger partial charge in [0.1, 0.15) is 11.0 Å². The minimum Gasteiger partial charge on any atom is -0.350 e. The third-order valence-electron chi connectivity index (χ3n) is 5.67. The van der Waals surface area contributed by atoms with E-state index >= 15 is 0 Å². The Bertz CT molecular complexity index is 1050. The molecular weight excluding hydrogens is 414 g/mol. The van der Waals surface area contributed by atoms with Crippen molar-refractivity contribution >= 4 is 33.3 Å². The molecule has 1 fully saturated rings. The second-order valence-electron chi connectivity index (χ2n) is 8.35.